The fourth-order valence-corrected chi connectivity index (χ4v) is 1.31. The number of nitrogens with zero attached hydrogens (tertiary/aromatic N) is 1. The number of aliphatic hydroxyl groups excluding tert-OH is 1. The lowest BCUT2D eigenvalue weighted by Crippen LogP contribution is -1.94. The topological polar surface area (TPSA) is 64.7 Å². The Morgan fingerprint density at radius 2 is 2.06 bits per heavy atom. The zero-order chi connectivity index (χ0) is 12.1. The smallest absolute Gasteiger partial charge is 0.399 e. The van der Waals surface area contributed by atoms with Crippen LogP contribution in [0.3, 0.4) is 0 Å². The number of ether oxygens (including phenoxy) is 2. The van der Waals surface area contributed by atoms with Crippen LogP contribution in [0.15, 0.2) is 34.9 Å². The molecule has 0 aliphatic carbocycles. The summed E-state index contributed by atoms with van der Waals surface area (Å²) in [6.07, 6.45) is 1.43. The highest BCUT2D eigenvalue weighted by molar-refractivity contribution is 5.40. The van der Waals surface area contributed by atoms with Gasteiger partial charge in [0, 0.05) is 0 Å². The van der Waals surface area contributed by atoms with E-state index in [2.05, 4.69) is 4.98 Å². The first-order valence-corrected chi connectivity index (χ1v) is 5.28. The molecule has 0 atom stereocenters. The van der Waals surface area contributed by atoms with Gasteiger partial charge in [-0.2, -0.15) is 4.98 Å². The lowest BCUT2D eigenvalue weighted by atomic mass is 10.3. The van der Waals surface area contributed by atoms with Gasteiger partial charge in [-0.1, -0.05) is 12.1 Å². The second-order valence-corrected chi connectivity index (χ2v) is 3.24. The number of benzene rings is 1. The molecule has 1 aromatic heterocycles. The van der Waals surface area contributed by atoms with Crippen LogP contribution in [-0.4, -0.2) is 16.7 Å². The van der Waals surface area contributed by atoms with Gasteiger partial charge in [0.05, 0.1) is 13.2 Å². The fourth-order valence-electron chi connectivity index (χ4n) is 1.31. The molecule has 17 heavy (non-hydrogen) atoms. The Hall–Kier alpha value is -2.01. The monoisotopic (exact) mass is 235 g/mol. The molecule has 0 amide bonds. The van der Waals surface area contributed by atoms with Crippen LogP contribution in [0.5, 0.6) is 17.6 Å². The molecule has 5 heteroatoms. The normalized spacial score (nSPS) is 10.2. The standard InChI is InChI=1S/C12H13NO4/c1-2-15-10-5-3-4-6-11(10)17-12-13-9(7-14)8-16-12/h3-6,8,14H,2,7H2,1H3. The van der Waals surface area contributed by atoms with Crippen molar-refractivity contribution in [3.05, 3.63) is 36.2 Å². The van der Waals surface area contributed by atoms with E-state index in [-0.39, 0.29) is 12.7 Å². The molecule has 0 bridgehead atoms. The van der Waals surface area contributed by atoms with Crippen molar-refractivity contribution in [2.45, 2.75) is 13.5 Å². The van der Waals surface area contributed by atoms with Gasteiger partial charge >= 0.3 is 6.08 Å². The quantitative estimate of drug-likeness (QED) is 0.861. The minimum Gasteiger partial charge on any atom is -0.490 e. The van der Waals surface area contributed by atoms with Crippen LogP contribution in [0.2, 0.25) is 0 Å². The summed E-state index contributed by atoms with van der Waals surface area (Å²) in [6, 6.07) is 7.24. The van der Waals surface area contributed by atoms with Crippen LogP contribution in [0.4, 0.5) is 0 Å². The van der Waals surface area contributed by atoms with E-state index in [9.17, 15) is 0 Å². The van der Waals surface area contributed by atoms with Crippen molar-refractivity contribution in [2.24, 2.45) is 0 Å². The molecular weight excluding hydrogens is 222 g/mol. The predicted octanol–water partition coefficient (Wildman–Crippen LogP) is 2.36. The average Bonchev–Trinajstić information content (AvgIpc) is 2.80. The third kappa shape index (κ3) is 2.76. The number of para-hydroxylation sites is 2. The zero-order valence-electron chi connectivity index (χ0n) is 9.42. The molecule has 1 aromatic carbocycles. The fraction of sp³-hybridized carbons (Fsp3) is 0.250. The Labute approximate surface area is 98.6 Å². The number of aromatic nitrogens is 1. The molecule has 0 unspecified atom stereocenters. The Morgan fingerprint density at radius 1 is 1.29 bits per heavy atom. The van der Waals surface area contributed by atoms with E-state index in [1.165, 1.54) is 6.26 Å². The van der Waals surface area contributed by atoms with Gasteiger partial charge in [-0.15, -0.1) is 0 Å². The molecular formula is C12H13NO4. The van der Waals surface area contributed by atoms with E-state index in [0.29, 0.717) is 23.8 Å². The summed E-state index contributed by atoms with van der Waals surface area (Å²) in [6.45, 7) is 2.26. The highest BCUT2D eigenvalue weighted by Gasteiger charge is 2.09. The van der Waals surface area contributed by atoms with Crippen molar-refractivity contribution in [3.8, 4) is 17.6 Å². The van der Waals surface area contributed by atoms with E-state index in [0.717, 1.165) is 0 Å². The number of hydrogen-bond donors (Lipinski definition) is 1. The SMILES string of the molecule is CCOc1ccccc1Oc1nc(CO)co1. The molecule has 1 N–H and O–H groups in total. The van der Waals surface area contributed by atoms with Gasteiger partial charge in [-0.05, 0) is 19.1 Å². The first-order chi connectivity index (χ1) is 8.33. The molecule has 1 heterocycles. The Bertz CT molecular complexity index is 481. The molecule has 0 aliphatic heterocycles. The van der Waals surface area contributed by atoms with Gasteiger partial charge in [-0.25, -0.2) is 0 Å². The molecule has 0 saturated heterocycles. The second kappa shape index (κ2) is 5.36. The Balaban J connectivity index is 2.17. The maximum Gasteiger partial charge on any atom is 0.399 e. The molecule has 2 rings (SSSR count). The summed E-state index contributed by atoms with van der Waals surface area (Å²) in [4.78, 5) is 3.93. The van der Waals surface area contributed by atoms with Crippen LogP contribution in [0.25, 0.3) is 0 Å². The van der Waals surface area contributed by atoms with E-state index in [1.54, 1.807) is 12.1 Å². The third-order valence-corrected chi connectivity index (χ3v) is 2.04. The molecule has 0 fully saturated rings. The summed E-state index contributed by atoms with van der Waals surface area (Å²) in [7, 11) is 0. The minimum atomic E-state index is -0.181. The molecule has 0 spiro atoms. The third-order valence-electron chi connectivity index (χ3n) is 2.04. The number of hydrogen-bond acceptors (Lipinski definition) is 5. The van der Waals surface area contributed by atoms with Crippen molar-refractivity contribution in [2.75, 3.05) is 6.61 Å². The lowest BCUT2D eigenvalue weighted by Gasteiger charge is -2.08. The summed E-state index contributed by atoms with van der Waals surface area (Å²) >= 11 is 0. The first-order valence-electron chi connectivity index (χ1n) is 5.28. The van der Waals surface area contributed by atoms with Crippen molar-refractivity contribution >= 4 is 0 Å². The first kappa shape index (κ1) is 11.5. The van der Waals surface area contributed by atoms with Gasteiger partial charge in [-0.3, -0.25) is 0 Å². The van der Waals surface area contributed by atoms with Crippen LogP contribution in [0, 0.1) is 0 Å². The van der Waals surface area contributed by atoms with Gasteiger partial charge in [0.15, 0.2) is 11.5 Å². The number of aliphatic hydroxyl groups is 1. The molecule has 90 valence electrons. The highest BCUT2D eigenvalue weighted by atomic mass is 16.6. The van der Waals surface area contributed by atoms with Crippen LogP contribution < -0.4 is 9.47 Å². The maximum atomic E-state index is 8.85. The maximum absolute atomic E-state index is 8.85. The summed E-state index contributed by atoms with van der Waals surface area (Å²) in [5, 5.41) is 8.85. The van der Waals surface area contributed by atoms with E-state index >= 15 is 0 Å². The van der Waals surface area contributed by atoms with Gasteiger partial charge in [0.2, 0.25) is 0 Å². The molecule has 0 radical (unpaired) electrons. The largest absolute Gasteiger partial charge is 0.490 e. The molecule has 0 aliphatic rings. The van der Waals surface area contributed by atoms with Gasteiger partial charge in [0.25, 0.3) is 0 Å². The average molecular weight is 235 g/mol. The summed E-state index contributed by atoms with van der Waals surface area (Å²) in [5.74, 6) is 1.15. The lowest BCUT2D eigenvalue weighted by molar-refractivity contribution is 0.276. The molecule has 5 nitrogen and oxygen atoms in total. The van der Waals surface area contributed by atoms with Crippen molar-refractivity contribution in [1.82, 2.24) is 4.98 Å². The van der Waals surface area contributed by atoms with Crippen molar-refractivity contribution in [1.29, 1.82) is 0 Å². The van der Waals surface area contributed by atoms with Gasteiger partial charge < -0.3 is 19.0 Å². The van der Waals surface area contributed by atoms with Crippen molar-refractivity contribution < 1.29 is 19.0 Å². The van der Waals surface area contributed by atoms with E-state index in [4.69, 9.17) is 19.0 Å². The van der Waals surface area contributed by atoms with Crippen molar-refractivity contribution in [3.63, 3.8) is 0 Å². The molecule has 2 aromatic rings. The summed E-state index contributed by atoms with van der Waals surface area (Å²) < 4.78 is 15.9. The van der Waals surface area contributed by atoms with Crippen LogP contribution >= 0.6 is 0 Å². The summed E-state index contributed by atoms with van der Waals surface area (Å²) in [5.41, 5.74) is 0.425. The molecule has 0 saturated carbocycles. The van der Waals surface area contributed by atoms with E-state index < -0.39 is 0 Å². The van der Waals surface area contributed by atoms with Crippen LogP contribution in [-0.2, 0) is 6.61 Å². The van der Waals surface area contributed by atoms with Gasteiger partial charge in [0.1, 0.15) is 12.0 Å². The zero-order valence-corrected chi connectivity index (χ0v) is 9.42. The van der Waals surface area contributed by atoms with Crippen LogP contribution in [0.1, 0.15) is 12.6 Å². The Kier molecular flexibility index (Phi) is 3.62. The number of rotatable bonds is 5. The Morgan fingerprint density at radius 3 is 2.71 bits per heavy atom. The predicted molar refractivity (Wildman–Crippen MR) is 60.1 cm³/mol. The van der Waals surface area contributed by atoms with E-state index in [1.807, 2.05) is 19.1 Å². The highest BCUT2D eigenvalue weighted by Crippen LogP contribution is 2.30. The minimum absolute atomic E-state index is 0.0844. The number of oxazole rings is 1. The second-order valence-electron chi connectivity index (χ2n) is 3.24.